The van der Waals surface area contributed by atoms with Crippen molar-refractivity contribution in [2.24, 2.45) is 0 Å². The summed E-state index contributed by atoms with van der Waals surface area (Å²) in [4.78, 5) is 11.5. The molecule has 2 aromatic rings. The van der Waals surface area contributed by atoms with Crippen molar-refractivity contribution in [3.8, 4) is 0 Å². The molecule has 0 aliphatic rings. The van der Waals surface area contributed by atoms with Crippen LogP contribution in [0, 0.1) is 11.6 Å². The molecule has 106 valence electrons. The number of hydrogen-bond acceptors (Lipinski definition) is 3. The van der Waals surface area contributed by atoms with E-state index < -0.39 is 23.6 Å². The van der Waals surface area contributed by atoms with Crippen LogP contribution in [0.4, 0.5) is 8.78 Å². The Bertz CT molecular complexity index is 584. The highest BCUT2D eigenvalue weighted by Crippen LogP contribution is 2.11. The normalized spacial score (nSPS) is 12.2. The first-order chi connectivity index (χ1) is 9.56. The molecule has 1 atom stereocenters. The Morgan fingerprint density at radius 2 is 2.15 bits per heavy atom. The quantitative estimate of drug-likeness (QED) is 0.879. The Labute approximate surface area is 114 Å². The zero-order valence-electron chi connectivity index (χ0n) is 10.5. The van der Waals surface area contributed by atoms with Crippen LogP contribution in [0.3, 0.4) is 0 Å². The summed E-state index contributed by atoms with van der Waals surface area (Å²) in [6.45, 7) is -0.0592. The predicted molar refractivity (Wildman–Crippen MR) is 67.1 cm³/mol. The van der Waals surface area contributed by atoms with E-state index in [0.29, 0.717) is 0 Å². The Hall–Kier alpha value is -2.21. The Morgan fingerprint density at radius 1 is 1.35 bits per heavy atom. The van der Waals surface area contributed by atoms with Crippen molar-refractivity contribution in [2.75, 3.05) is 6.54 Å². The van der Waals surface area contributed by atoms with Crippen molar-refractivity contribution in [1.29, 1.82) is 0 Å². The van der Waals surface area contributed by atoms with Gasteiger partial charge < -0.3 is 14.8 Å². The van der Waals surface area contributed by atoms with Gasteiger partial charge in [-0.25, -0.2) is 8.78 Å². The van der Waals surface area contributed by atoms with Gasteiger partial charge in [-0.15, -0.1) is 0 Å². The van der Waals surface area contributed by atoms with E-state index in [1.54, 1.807) is 6.07 Å². The summed E-state index contributed by atoms with van der Waals surface area (Å²) < 4.78 is 31.0. The van der Waals surface area contributed by atoms with Gasteiger partial charge >= 0.3 is 0 Å². The first-order valence-corrected chi connectivity index (χ1v) is 6.00. The highest BCUT2D eigenvalue weighted by atomic mass is 19.1. The van der Waals surface area contributed by atoms with Crippen LogP contribution in [0.25, 0.3) is 0 Å². The van der Waals surface area contributed by atoms with Crippen LogP contribution in [-0.4, -0.2) is 23.7 Å². The van der Waals surface area contributed by atoms with Gasteiger partial charge in [0.25, 0.3) is 5.91 Å². The van der Waals surface area contributed by atoms with Crippen LogP contribution in [0.1, 0.15) is 16.1 Å². The van der Waals surface area contributed by atoms with Crippen LogP contribution < -0.4 is 5.32 Å². The Kier molecular flexibility index (Phi) is 4.47. The monoisotopic (exact) mass is 281 g/mol. The lowest BCUT2D eigenvalue weighted by Crippen LogP contribution is -2.33. The lowest BCUT2D eigenvalue weighted by Gasteiger charge is -2.12. The zero-order valence-corrected chi connectivity index (χ0v) is 10.5. The Morgan fingerprint density at radius 3 is 2.80 bits per heavy atom. The van der Waals surface area contributed by atoms with E-state index in [1.165, 1.54) is 18.4 Å². The maximum absolute atomic E-state index is 13.4. The summed E-state index contributed by atoms with van der Waals surface area (Å²) in [6.07, 6.45) is 0.359. The van der Waals surface area contributed by atoms with Crippen LogP contribution in [0.5, 0.6) is 0 Å². The lowest BCUT2D eigenvalue weighted by atomic mass is 10.1. The molecule has 2 N–H and O–H groups in total. The van der Waals surface area contributed by atoms with Crippen molar-refractivity contribution in [2.45, 2.75) is 12.5 Å². The fourth-order valence-electron chi connectivity index (χ4n) is 1.72. The number of carbonyl (C=O) groups is 1. The summed E-state index contributed by atoms with van der Waals surface area (Å²) in [6, 6.07) is 6.19. The third kappa shape index (κ3) is 3.64. The molecule has 0 unspecified atom stereocenters. The van der Waals surface area contributed by atoms with Crippen molar-refractivity contribution in [1.82, 2.24) is 5.32 Å². The molecule has 0 aliphatic carbocycles. The highest BCUT2D eigenvalue weighted by molar-refractivity contribution is 5.91. The summed E-state index contributed by atoms with van der Waals surface area (Å²) >= 11 is 0. The minimum Gasteiger partial charge on any atom is -0.459 e. The number of hydrogen-bond donors (Lipinski definition) is 2. The fraction of sp³-hybridized carbons (Fsp3) is 0.214. The van der Waals surface area contributed by atoms with Crippen molar-refractivity contribution in [3.63, 3.8) is 0 Å². The first-order valence-electron chi connectivity index (χ1n) is 6.00. The summed E-state index contributed by atoms with van der Waals surface area (Å²) in [5.74, 6) is -1.73. The highest BCUT2D eigenvalue weighted by Gasteiger charge is 2.13. The molecule has 0 radical (unpaired) electrons. The maximum atomic E-state index is 13.4. The molecule has 1 aromatic heterocycles. The van der Waals surface area contributed by atoms with Gasteiger partial charge in [-0.2, -0.15) is 0 Å². The topological polar surface area (TPSA) is 62.5 Å². The molecule has 0 aliphatic heterocycles. The third-order valence-electron chi connectivity index (χ3n) is 2.71. The average Bonchev–Trinajstić information content (AvgIpc) is 2.93. The number of carbonyl (C=O) groups excluding carboxylic acids is 1. The SMILES string of the molecule is O=C(NC[C@H](O)Cc1ccc(F)cc1F)c1ccco1. The maximum Gasteiger partial charge on any atom is 0.287 e. The third-order valence-corrected chi connectivity index (χ3v) is 2.71. The number of aliphatic hydroxyl groups is 1. The summed E-state index contributed by atoms with van der Waals surface area (Å²) in [7, 11) is 0. The molecule has 0 saturated carbocycles. The van der Waals surface area contributed by atoms with Gasteiger partial charge in [0, 0.05) is 19.0 Å². The molecule has 0 saturated heterocycles. The van der Waals surface area contributed by atoms with Gasteiger partial charge in [-0.1, -0.05) is 6.07 Å². The van der Waals surface area contributed by atoms with E-state index >= 15 is 0 Å². The fourth-order valence-corrected chi connectivity index (χ4v) is 1.72. The number of nitrogens with one attached hydrogen (secondary N) is 1. The van der Waals surface area contributed by atoms with Crippen LogP contribution in [-0.2, 0) is 6.42 Å². The van der Waals surface area contributed by atoms with E-state index in [4.69, 9.17) is 4.42 Å². The summed E-state index contributed by atoms with van der Waals surface area (Å²) in [5, 5.41) is 12.2. The molecule has 20 heavy (non-hydrogen) atoms. The molecule has 2 rings (SSSR count). The number of rotatable bonds is 5. The predicted octanol–water partition coefficient (Wildman–Crippen LogP) is 1.89. The molecule has 0 spiro atoms. The van der Waals surface area contributed by atoms with E-state index in [9.17, 15) is 18.7 Å². The molecule has 1 heterocycles. The first kappa shape index (κ1) is 14.2. The zero-order chi connectivity index (χ0) is 14.5. The van der Waals surface area contributed by atoms with Gasteiger partial charge in [0.1, 0.15) is 11.6 Å². The van der Waals surface area contributed by atoms with E-state index in [0.717, 1.165) is 12.1 Å². The second kappa shape index (κ2) is 6.29. The number of halogens is 2. The largest absolute Gasteiger partial charge is 0.459 e. The standard InChI is InChI=1S/C14H13F2NO3/c15-10-4-3-9(12(16)7-10)6-11(18)8-17-14(19)13-2-1-5-20-13/h1-5,7,11,18H,6,8H2,(H,17,19)/t11-/m1/s1. The molecule has 0 fully saturated rings. The molecule has 0 bridgehead atoms. The van der Waals surface area contributed by atoms with Gasteiger partial charge in [0.05, 0.1) is 12.4 Å². The number of furan rings is 1. The molecular formula is C14H13F2NO3. The molecular weight excluding hydrogens is 268 g/mol. The summed E-state index contributed by atoms with van der Waals surface area (Å²) in [5.41, 5.74) is 0.186. The van der Waals surface area contributed by atoms with E-state index in [2.05, 4.69) is 5.32 Å². The lowest BCUT2D eigenvalue weighted by molar-refractivity contribution is 0.0888. The van der Waals surface area contributed by atoms with Crippen LogP contribution in [0.15, 0.2) is 41.0 Å². The van der Waals surface area contributed by atoms with Gasteiger partial charge in [-0.3, -0.25) is 4.79 Å². The average molecular weight is 281 g/mol. The van der Waals surface area contributed by atoms with Gasteiger partial charge in [0.15, 0.2) is 5.76 Å². The van der Waals surface area contributed by atoms with Gasteiger partial charge in [0.2, 0.25) is 0 Å². The van der Waals surface area contributed by atoms with Crippen molar-refractivity contribution >= 4 is 5.91 Å². The molecule has 1 amide bonds. The van der Waals surface area contributed by atoms with Crippen molar-refractivity contribution < 1.29 is 23.1 Å². The number of benzene rings is 1. The smallest absolute Gasteiger partial charge is 0.287 e. The second-order valence-electron chi connectivity index (χ2n) is 4.28. The minimum absolute atomic E-state index is 0.0233. The Balaban J connectivity index is 1.86. The molecule has 4 nitrogen and oxygen atoms in total. The molecule has 1 aromatic carbocycles. The number of amides is 1. The van der Waals surface area contributed by atoms with E-state index in [-0.39, 0.29) is 24.3 Å². The molecule has 6 heteroatoms. The van der Waals surface area contributed by atoms with Crippen molar-refractivity contribution in [3.05, 3.63) is 59.6 Å². The van der Waals surface area contributed by atoms with Crippen LogP contribution in [0.2, 0.25) is 0 Å². The number of aliphatic hydroxyl groups excluding tert-OH is 1. The van der Waals surface area contributed by atoms with Gasteiger partial charge in [-0.05, 0) is 23.8 Å². The minimum atomic E-state index is -0.978. The van der Waals surface area contributed by atoms with E-state index in [1.807, 2.05) is 0 Å². The second-order valence-corrected chi connectivity index (χ2v) is 4.28. The van der Waals surface area contributed by atoms with Crippen LogP contribution >= 0.6 is 0 Å².